The van der Waals surface area contributed by atoms with E-state index in [0.29, 0.717) is 11.8 Å². The molecule has 3 heterocycles. The van der Waals surface area contributed by atoms with Crippen LogP contribution in [0.25, 0.3) is 61.7 Å². The number of aromatic nitrogens is 4. The van der Waals surface area contributed by atoms with Crippen LogP contribution in [0, 0.1) is 0 Å². The molecule has 0 saturated carbocycles. The number of benzene rings is 6. The fourth-order valence-electron chi connectivity index (χ4n) is 7.83. The van der Waals surface area contributed by atoms with Crippen molar-refractivity contribution >= 4 is 21.9 Å². The number of nitrogens with zero attached hydrogens (tertiary/aromatic N) is 4. The summed E-state index contributed by atoms with van der Waals surface area (Å²) >= 11 is 0. The molecule has 6 aromatic carbocycles. The van der Waals surface area contributed by atoms with E-state index in [0.717, 1.165) is 38.8 Å². The highest BCUT2D eigenvalue weighted by Crippen LogP contribution is 2.57. The molecule has 0 amide bonds. The lowest BCUT2D eigenvalue weighted by Crippen LogP contribution is -2.28. The van der Waals surface area contributed by atoms with Crippen LogP contribution in [0.15, 0.2) is 174 Å². The van der Waals surface area contributed by atoms with Crippen LogP contribution in [-0.2, 0) is 5.41 Å². The fraction of sp³-hybridized carbons (Fsp3) is 0.0227. The topological polar surface area (TPSA) is 56.7 Å². The van der Waals surface area contributed by atoms with E-state index in [4.69, 9.17) is 9.40 Å². The van der Waals surface area contributed by atoms with E-state index in [-0.39, 0.29) is 0 Å². The molecular formula is C44H28N4O. The molecule has 0 bridgehead atoms. The molecule has 0 unspecified atom stereocenters. The normalized spacial score (nSPS) is 13.1. The summed E-state index contributed by atoms with van der Waals surface area (Å²) in [6.07, 6.45) is 1.89. The van der Waals surface area contributed by atoms with Gasteiger partial charge in [0.2, 0.25) is 11.8 Å². The van der Waals surface area contributed by atoms with Gasteiger partial charge in [-0.25, -0.2) is 0 Å². The summed E-state index contributed by atoms with van der Waals surface area (Å²) in [7, 11) is 0. The second-order valence-corrected chi connectivity index (χ2v) is 12.5. The van der Waals surface area contributed by atoms with Gasteiger partial charge in [-0.3, -0.25) is 4.98 Å². The maximum absolute atomic E-state index is 6.06. The Balaban J connectivity index is 1.19. The highest BCUT2D eigenvalue weighted by molar-refractivity contribution is 6.10. The van der Waals surface area contributed by atoms with Crippen molar-refractivity contribution in [3.63, 3.8) is 0 Å². The minimum atomic E-state index is -0.476. The Bertz CT molecular complexity index is 2600. The molecule has 10 rings (SSSR count). The number of fused-ring (bicyclic) bond motifs is 6. The summed E-state index contributed by atoms with van der Waals surface area (Å²) < 4.78 is 8.38. The van der Waals surface area contributed by atoms with Crippen molar-refractivity contribution in [2.45, 2.75) is 5.41 Å². The monoisotopic (exact) mass is 628 g/mol. The molecule has 0 fully saturated rings. The van der Waals surface area contributed by atoms with E-state index in [1.54, 1.807) is 0 Å². The molecule has 0 spiro atoms. The van der Waals surface area contributed by atoms with Gasteiger partial charge in [0.1, 0.15) is 0 Å². The van der Waals surface area contributed by atoms with E-state index in [9.17, 15) is 0 Å². The van der Waals surface area contributed by atoms with Gasteiger partial charge in [0.15, 0.2) is 0 Å². The number of hydrogen-bond acceptors (Lipinski definition) is 4. The lowest BCUT2D eigenvalue weighted by Gasteiger charge is -2.33. The Morgan fingerprint density at radius 3 is 1.80 bits per heavy atom. The number of pyridine rings is 1. The summed E-state index contributed by atoms with van der Waals surface area (Å²) in [5.41, 5.74) is 13.0. The van der Waals surface area contributed by atoms with E-state index in [1.807, 2.05) is 54.7 Å². The van der Waals surface area contributed by atoms with Gasteiger partial charge in [0.25, 0.3) is 0 Å². The summed E-state index contributed by atoms with van der Waals surface area (Å²) in [5, 5.41) is 9.76. The predicted octanol–water partition coefficient (Wildman–Crippen LogP) is 10.3. The molecule has 0 N–H and O–H groups in total. The zero-order valence-electron chi connectivity index (χ0n) is 26.4. The van der Waals surface area contributed by atoms with Crippen LogP contribution in [-0.4, -0.2) is 19.7 Å². The third-order valence-electron chi connectivity index (χ3n) is 9.92. The van der Waals surface area contributed by atoms with Crippen LogP contribution in [0.2, 0.25) is 0 Å². The summed E-state index contributed by atoms with van der Waals surface area (Å²) in [4.78, 5) is 4.97. The van der Waals surface area contributed by atoms with Gasteiger partial charge in [0, 0.05) is 28.4 Å². The second kappa shape index (κ2) is 10.7. The Labute approximate surface area is 282 Å². The summed E-state index contributed by atoms with van der Waals surface area (Å²) in [6.45, 7) is 0. The smallest absolute Gasteiger partial charge is 0.248 e. The molecular weight excluding hydrogens is 601 g/mol. The molecule has 0 aliphatic heterocycles. The molecule has 0 radical (unpaired) electrons. The molecule has 230 valence electrons. The van der Waals surface area contributed by atoms with Gasteiger partial charge in [-0.2, -0.15) is 0 Å². The van der Waals surface area contributed by atoms with Crippen molar-refractivity contribution in [2.75, 3.05) is 0 Å². The lowest BCUT2D eigenvalue weighted by atomic mass is 9.67. The standard InChI is InChI=1S/C44H28N4O/c1-4-13-29(14-5-1)42-46-47-43(49-42)30-22-24-33(25-23-30)48-39-21-12-26-45-41(39)36-27-38-35(28-40(36)48)34-19-10-11-20-37(34)44(38,31-15-6-2-7-16-31)32-17-8-3-9-18-32/h1-28H. The van der Waals surface area contributed by atoms with Crippen molar-refractivity contribution in [1.29, 1.82) is 0 Å². The van der Waals surface area contributed by atoms with Crippen LogP contribution in [0.3, 0.4) is 0 Å². The highest BCUT2D eigenvalue weighted by atomic mass is 16.4. The van der Waals surface area contributed by atoms with E-state index >= 15 is 0 Å². The van der Waals surface area contributed by atoms with Gasteiger partial charge in [-0.05, 0) is 94.0 Å². The van der Waals surface area contributed by atoms with Crippen molar-refractivity contribution in [3.05, 3.63) is 192 Å². The van der Waals surface area contributed by atoms with Gasteiger partial charge in [-0.1, -0.05) is 103 Å². The van der Waals surface area contributed by atoms with Gasteiger partial charge >= 0.3 is 0 Å². The third kappa shape index (κ3) is 4.02. The summed E-state index contributed by atoms with van der Waals surface area (Å²) in [5.74, 6) is 0.992. The van der Waals surface area contributed by atoms with Crippen LogP contribution < -0.4 is 0 Å². The molecule has 1 aliphatic carbocycles. The Morgan fingerprint density at radius 1 is 0.490 bits per heavy atom. The quantitative estimate of drug-likeness (QED) is 0.190. The van der Waals surface area contributed by atoms with Crippen molar-refractivity contribution in [2.24, 2.45) is 0 Å². The minimum Gasteiger partial charge on any atom is -0.416 e. The van der Waals surface area contributed by atoms with E-state index in [2.05, 4.69) is 130 Å². The second-order valence-electron chi connectivity index (χ2n) is 12.5. The van der Waals surface area contributed by atoms with Crippen LogP contribution in [0.4, 0.5) is 0 Å². The van der Waals surface area contributed by atoms with E-state index < -0.39 is 5.41 Å². The average molecular weight is 629 g/mol. The highest BCUT2D eigenvalue weighted by Gasteiger charge is 2.46. The molecule has 1 aliphatic rings. The average Bonchev–Trinajstić information content (AvgIpc) is 3.88. The lowest BCUT2D eigenvalue weighted by molar-refractivity contribution is 0.584. The van der Waals surface area contributed by atoms with E-state index in [1.165, 1.54) is 33.4 Å². The maximum atomic E-state index is 6.06. The minimum absolute atomic E-state index is 0.476. The third-order valence-corrected chi connectivity index (χ3v) is 9.92. The first-order chi connectivity index (χ1) is 24.3. The Kier molecular flexibility index (Phi) is 6.02. The van der Waals surface area contributed by atoms with Gasteiger partial charge < -0.3 is 8.98 Å². The van der Waals surface area contributed by atoms with Crippen LogP contribution in [0.5, 0.6) is 0 Å². The first kappa shape index (κ1) is 27.5. The Morgan fingerprint density at radius 2 is 1.10 bits per heavy atom. The van der Waals surface area contributed by atoms with Crippen LogP contribution in [0.1, 0.15) is 22.3 Å². The van der Waals surface area contributed by atoms with Crippen molar-refractivity contribution in [1.82, 2.24) is 19.7 Å². The first-order valence-corrected chi connectivity index (χ1v) is 16.4. The Hall–Kier alpha value is -6.59. The van der Waals surface area contributed by atoms with Gasteiger partial charge in [0.05, 0.1) is 22.0 Å². The number of rotatable bonds is 5. The molecule has 5 heteroatoms. The van der Waals surface area contributed by atoms with Crippen molar-refractivity contribution < 1.29 is 4.42 Å². The zero-order valence-corrected chi connectivity index (χ0v) is 26.4. The fourth-order valence-corrected chi connectivity index (χ4v) is 7.83. The SMILES string of the molecule is c1ccc(-c2nnc(-c3ccc(-n4c5cc6c(cc5c5ncccc54)C(c4ccccc4)(c4ccccc4)c4ccccc4-6)cc3)o2)cc1. The first-order valence-electron chi connectivity index (χ1n) is 16.4. The van der Waals surface area contributed by atoms with Gasteiger partial charge in [-0.15, -0.1) is 10.2 Å². The molecule has 5 nitrogen and oxygen atoms in total. The van der Waals surface area contributed by atoms with Crippen LogP contribution >= 0.6 is 0 Å². The number of hydrogen-bond donors (Lipinski definition) is 0. The molecule has 0 saturated heterocycles. The zero-order chi connectivity index (χ0) is 32.4. The molecule has 0 atom stereocenters. The largest absolute Gasteiger partial charge is 0.416 e. The summed E-state index contributed by atoms with van der Waals surface area (Å²) in [6, 6.07) is 57.8. The maximum Gasteiger partial charge on any atom is 0.248 e. The molecule has 49 heavy (non-hydrogen) atoms. The van der Waals surface area contributed by atoms with Crippen molar-refractivity contribution in [3.8, 4) is 39.7 Å². The molecule has 9 aromatic rings. The molecule has 3 aromatic heterocycles. The predicted molar refractivity (Wildman–Crippen MR) is 195 cm³/mol.